The number of rotatable bonds is 11. The maximum absolute atomic E-state index is 13.9. The van der Waals surface area contributed by atoms with Crippen LogP contribution in [-0.4, -0.2) is 35.0 Å². The fraction of sp³-hybridized carbons (Fsp3) is 0.241. The van der Waals surface area contributed by atoms with Crippen molar-refractivity contribution in [1.29, 1.82) is 0 Å². The molecule has 1 aromatic heterocycles. The van der Waals surface area contributed by atoms with Gasteiger partial charge in [0, 0.05) is 10.9 Å². The molecule has 0 atom stereocenters. The zero-order valence-electron chi connectivity index (χ0n) is 21.9. The van der Waals surface area contributed by atoms with E-state index in [9.17, 15) is 14.0 Å². The van der Waals surface area contributed by atoms with Crippen molar-refractivity contribution < 1.29 is 18.7 Å². The lowest BCUT2D eigenvalue weighted by atomic mass is 10.2. The minimum absolute atomic E-state index is 0.0656. The van der Waals surface area contributed by atoms with Gasteiger partial charge in [0.25, 0.3) is 11.5 Å². The number of carbonyl (C=O) groups excluding carboxylic acids is 1. The average Bonchev–Trinajstić information content (AvgIpc) is 2.93. The van der Waals surface area contributed by atoms with E-state index in [1.165, 1.54) is 22.9 Å². The fourth-order valence-corrected chi connectivity index (χ4v) is 4.82. The highest BCUT2D eigenvalue weighted by atomic mass is 79.9. The standard InChI is InChI=1S/C29H27Br2FN4O4/c1-3-5-10-26-34-23-12-11-19(30)15-20(23)29(38)36(26)33-16-18-13-21(31)28(25(14-18)39-4-2)40-17-27(37)35-24-9-7-6-8-22(24)32/h6-9,11-16H,3-5,10,17H2,1-2H3,(H,35,37). The molecule has 0 saturated heterocycles. The summed E-state index contributed by atoms with van der Waals surface area (Å²) in [6.07, 6.45) is 3.96. The summed E-state index contributed by atoms with van der Waals surface area (Å²) in [5, 5.41) is 7.44. The smallest absolute Gasteiger partial charge is 0.282 e. The minimum atomic E-state index is -0.540. The Bertz CT molecular complexity index is 1620. The molecule has 0 saturated carbocycles. The third kappa shape index (κ3) is 7.14. The number of benzene rings is 3. The van der Waals surface area contributed by atoms with Crippen LogP contribution in [0.1, 0.15) is 38.1 Å². The van der Waals surface area contributed by atoms with Gasteiger partial charge >= 0.3 is 0 Å². The van der Waals surface area contributed by atoms with E-state index in [0.717, 1.165) is 17.3 Å². The first-order chi connectivity index (χ1) is 19.3. The van der Waals surface area contributed by atoms with Gasteiger partial charge in [-0.05, 0) is 77.3 Å². The zero-order chi connectivity index (χ0) is 28.6. The van der Waals surface area contributed by atoms with Crippen LogP contribution in [0.3, 0.4) is 0 Å². The number of carbonyl (C=O) groups is 1. The number of hydrogen-bond acceptors (Lipinski definition) is 6. The van der Waals surface area contributed by atoms with Crippen LogP contribution < -0.4 is 20.3 Å². The maximum Gasteiger partial charge on any atom is 0.282 e. The first kappa shape index (κ1) is 29.4. The van der Waals surface area contributed by atoms with Crippen LogP contribution in [-0.2, 0) is 11.2 Å². The SMILES string of the molecule is CCCCc1nc2ccc(Br)cc2c(=O)n1N=Cc1cc(Br)c(OCC(=O)Nc2ccccc2F)c(OCC)c1. The molecule has 0 fully saturated rings. The molecule has 0 aliphatic heterocycles. The Kier molecular flexibility index (Phi) is 10.1. The van der Waals surface area contributed by atoms with Gasteiger partial charge in [0.15, 0.2) is 18.1 Å². The lowest BCUT2D eigenvalue weighted by Crippen LogP contribution is -2.22. The van der Waals surface area contributed by atoms with Gasteiger partial charge in [-0.2, -0.15) is 9.78 Å². The molecule has 0 spiro atoms. The summed E-state index contributed by atoms with van der Waals surface area (Å²) in [4.78, 5) is 30.4. The van der Waals surface area contributed by atoms with E-state index in [1.807, 2.05) is 19.1 Å². The van der Waals surface area contributed by atoms with E-state index in [4.69, 9.17) is 14.5 Å². The van der Waals surface area contributed by atoms with Crippen molar-refractivity contribution in [1.82, 2.24) is 9.66 Å². The van der Waals surface area contributed by atoms with Crippen LogP contribution >= 0.6 is 31.9 Å². The van der Waals surface area contributed by atoms with Crippen molar-refractivity contribution in [2.75, 3.05) is 18.5 Å². The van der Waals surface area contributed by atoms with Gasteiger partial charge in [-0.15, -0.1) is 0 Å². The molecular weight excluding hydrogens is 647 g/mol. The minimum Gasteiger partial charge on any atom is -0.490 e. The number of aryl methyl sites for hydroxylation is 1. The molecule has 1 N–H and O–H groups in total. The van der Waals surface area contributed by atoms with Gasteiger partial charge in [-0.3, -0.25) is 9.59 Å². The predicted octanol–water partition coefficient (Wildman–Crippen LogP) is 6.70. The molecule has 208 valence electrons. The topological polar surface area (TPSA) is 94.8 Å². The van der Waals surface area contributed by atoms with E-state index < -0.39 is 11.7 Å². The Labute approximate surface area is 247 Å². The Balaban J connectivity index is 1.61. The first-order valence-electron chi connectivity index (χ1n) is 12.7. The molecule has 4 aromatic rings. The molecule has 0 radical (unpaired) electrons. The summed E-state index contributed by atoms with van der Waals surface area (Å²) >= 11 is 6.90. The molecule has 1 heterocycles. The highest BCUT2D eigenvalue weighted by Gasteiger charge is 2.16. The number of aromatic nitrogens is 2. The second-order valence-electron chi connectivity index (χ2n) is 8.73. The number of fused-ring (bicyclic) bond motifs is 1. The van der Waals surface area contributed by atoms with Gasteiger partial charge in [0.2, 0.25) is 0 Å². The van der Waals surface area contributed by atoms with Gasteiger partial charge in [-0.1, -0.05) is 41.4 Å². The number of nitrogens with one attached hydrogen (secondary N) is 1. The van der Waals surface area contributed by atoms with E-state index in [-0.39, 0.29) is 17.9 Å². The van der Waals surface area contributed by atoms with Crippen LogP contribution in [0.15, 0.2) is 73.4 Å². The van der Waals surface area contributed by atoms with E-state index >= 15 is 0 Å². The summed E-state index contributed by atoms with van der Waals surface area (Å²) in [7, 11) is 0. The van der Waals surface area contributed by atoms with Crippen molar-refractivity contribution in [3.05, 3.63) is 91.1 Å². The Hall–Kier alpha value is -3.57. The molecule has 3 aromatic carbocycles. The lowest BCUT2D eigenvalue weighted by molar-refractivity contribution is -0.118. The summed E-state index contributed by atoms with van der Waals surface area (Å²) in [6, 6.07) is 14.7. The van der Waals surface area contributed by atoms with E-state index in [1.54, 1.807) is 30.5 Å². The number of unbranched alkanes of at least 4 members (excludes halogenated alkanes) is 1. The van der Waals surface area contributed by atoms with Crippen molar-refractivity contribution in [2.45, 2.75) is 33.1 Å². The molecule has 0 unspecified atom stereocenters. The van der Waals surface area contributed by atoms with E-state index in [0.29, 0.717) is 51.3 Å². The van der Waals surface area contributed by atoms with Crippen molar-refractivity contribution in [3.63, 3.8) is 0 Å². The largest absolute Gasteiger partial charge is 0.490 e. The Morgan fingerprint density at radius 3 is 2.67 bits per heavy atom. The number of nitrogens with zero attached hydrogens (tertiary/aromatic N) is 3. The van der Waals surface area contributed by atoms with Crippen molar-refractivity contribution in [3.8, 4) is 11.5 Å². The first-order valence-corrected chi connectivity index (χ1v) is 14.3. The molecule has 40 heavy (non-hydrogen) atoms. The quantitative estimate of drug-likeness (QED) is 0.179. The Morgan fingerprint density at radius 1 is 1.12 bits per heavy atom. The molecule has 0 bridgehead atoms. The fourth-order valence-electron chi connectivity index (χ4n) is 3.89. The zero-order valence-corrected chi connectivity index (χ0v) is 25.1. The molecule has 8 nitrogen and oxygen atoms in total. The van der Waals surface area contributed by atoms with Crippen LogP contribution in [0.2, 0.25) is 0 Å². The highest BCUT2D eigenvalue weighted by molar-refractivity contribution is 9.10. The third-order valence-corrected chi connectivity index (χ3v) is 6.86. The normalized spacial score (nSPS) is 11.2. The molecular formula is C29H27Br2FN4O4. The summed E-state index contributed by atoms with van der Waals surface area (Å²) < 4.78 is 28.0. The third-order valence-electron chi connectivity index (χ3n) is 5.78. The van der Waals surface area contributed by atoms with Crippen LogP contribution in [0, 0.1) is 5.82 Å². The van der Waals surface area contributed by atoms with Crippen LogP contribution in [0.5, 0.6) is 11.5 Å². The molecule has 0 aliphatic carbocycles. The van der Waals surface area contributed by atoms with Gasteiger partial charge < -0.3 is 14.8 Å². The second-order valence-corrected chi connectivity index (χ2v) is 10.5. The van der Waals surface area contributed by atoms with Crippen LogP contribution in [0.4, 0.5) is 10.1 Å². The van der Waals surface area contributed by atoms with Gasteiger partial charge in [-0.25, -0.2) is 9.37 Å². The molecule has 1 amide bonds. The number of hydrogen-bond donors (Lipinski definition) is 1. The van der Waals surface area contributed by atoms with Crippen LogP contribution in [0.25, 0.3) is 10.9 Å². The molecule has 11 heteroatoms. The number of ether oxygens (including phenoxy) is 2. The maximum atomic E-state index is 13.9. The summed E-state index contributed by atoms with van der Waals surface area (Å²) in [5.74, 6) is 0.182. The van der Waals surface area contributed by atoms with Gasteiger partial charge in [0.05, 0.1) is 33.9 Å². The number of anilines is 1. The Morgan fingerprint density at radius 2 is 1.93 bits per heavy atom. The average molecular weight is 674 g/mol. The van der Waals surface area contributed by atoms with Crippen molar-refractivity contribution in [2.24, 2.45) is 5.10 Å². The summed E-state index contributed by atoms with van der Waals surface area (Å²) in [5.41, 5.74) is 1.04. The summed E-state index contributed by atoms with van der Waals surface area (Å²) in [6.45, 7) is 3.87. The molecule has 0 aliphatic rings. The monoisotopic (exact) mass is 672 g/mol. The number of halogens is 3. The van der Waals surface area contributed by atoms with Gasteiger partial charge in [0.1, 0.15) is 11.6 Å². The highest BCUT2D eigenvalue weighted by Crippen LogP contribution is 2.36. The number of amides is 1. The predicted molar refractivity (Wildman–Crippen MR) is 161 cm³/mol. The second kappa shape index (κ2) is 13.7. The number of para-hydroxylation sites is 1. The van der Waals surface area contributed by atoms with Crippen molar-refractivity contribution >= 4 is 60.6 Å². The lowest BCUT2D eigenvalue weighted by Gasteiger charge is -2.15. The molecule has 4 rings (SSSR count). The van der Waals surface area contributed by atoms with E-state index in [2.05, 4.69) is 49.2 Å².